The number of carbonyl (C=O) groups is 1. The molecule has 0 radical (unpaired) electrons. The van der Waals surface area contributed by atoms with E-state index in [0.717, 1.165) is 20.8 Å². The molecule has 27 heavy (non-hydrogen) atoms. The van der Waals surface area contributed by atoms with Crippen molar-refractivity contribution in [3.63, 3.8) is 0 Å². The summed E-state index contributed by atoms with van der Waals surface area (Å²) in [4.78, 5) is 24.9. The lowest BCUT2D eigenvalue weighted by Gasteiger charge is -2.09. The fraction of sp³-hybridized carbons (Fsp3) is 0.100. The van der Waals surface area contributed by atoms with Gasteiger partial charge in [-0.1, -0.05) is 12.1 Å². The fourth-order valence-corrected chi connectivity index (χ4v) is 3.11. The van der Waals surface area contributed by atoms with Crippen molar-refractivity contribution in [1.29, 1.82) is 0 Å². The summed E-state index contributed by atoms with van der Waals surface area (Å²) in [5.41, 5.74) is 1.76. The molecule has 0 unspecified atom stereocenters. The first kappa shape index (κ1) is 17.4. The maximum atomic E-state index is 12.2. The number of esters is 1. The molecule has 3 aromatic heterocycles. The van der Waals surface area contributed by atoms with Gasteiger partial charge in [0.1, 0.15) is 24.7 Å². The minimum Gasteiger partial charge on any atom is -0.489 e. The highest BCUT2D eigenvalue weighted by Gasteiger charge is 2.11. The summed E-state index contributed by atoms with van der Waals surface area (Å²) in [7, 11) is 0. The van der Waals surface area contributed by atoms with E-state index in [0.29, 0.717) is 11.3 Å². The molecule has 0 fully saturated rings. The van der Waals surface area contributed by atoms with E-state index in [1.54, 1.807) is 36.8 Å². The number of aromatic nitrogens is 3. The second-order valence-corrected chi connectivity index (χ2v) is 6.55. The lowest BCUT2D eigenvalue weighted by molar-refractivity contribution is 0.0445. The number of hydrogen-bond acceptors (Lipinski definition) is 6. The molecule has 134 valence electrons. The molecule has 6 nitrogen and oxygen atoms in total. The van der Waals surface area contributed by atoms with E-state index in [2.05, 4.69) is 30.9 Å². The van der Waals surface area contributed by atoms with Crippen molar-refractivity contribution in [2.45, 2.75) is 0 Å². The van der Waals surface area contributed by atoms with Crippen LogP contribution in [0.15, 0.2) is 65.5 Å². The van der Waals surface area contributed by atoms with Gasteiger partial charge in [0.05, 0.1) is 15.5 Å². The maximum absolute atomic E-state index is 12.2. The van der Waals surface area contributed by atoms with Gasteiger partial charge in [0.2, 0.25) is 0 Å². The van der Waals surface area contributed by atoms with Crippen LogP contribution in [0.2, 0.25) is 0 Å². The molecular formula is C20H14BrN3O3. The average Bonchev–Trinajstić information content (AvgIpc) is 2.71. The zero-order valence-corrected chi connectivity index (χ0v) is 15.7. The second kappa shape index (κ2) is 7.67. The van der Waals surface area contributed by atoms with Gasteiger partial charge in [-0.15, -0.1) is 0 Å². The van der Waals surface area contributed by atoms with Crippen LogP contribution in [0.1, 0.15) is 10.5 Å². The third-order valence-corrected chi connectivity index (χ3v) is 4.53. The van der Waals surface area contributed by atoms with Crippen molar-refractivity contribution in [3.8, 4) is 5.75 Å². The highest BCUT2D eigenvalue weighted by atomic mass is 79.9. The third kappa shape index (κ3) is 3.73. The standard InChI is InChI=1S/C20H14BrN3O3/c21-15-12-22-11-13-5-6-17(24-19(13)15)20(25)27-10-9-26-18-7-8-23-16-4-2-1-3-14(16)18/h1-8,11-12H,9-10H2. The third-order valence-electron chi connectivity index (χ3n) is 3.95. The SMILES string of the molecule is O=C(OCCOc1ccnc2ccccc12)c1ccc2cncc(Br)c2n1. The Morgan fingerprint density at radius 1 is 1.04 bits per heavy atom. The minimum atomic E-state index is -0.496. The highest BCUT2D eigenvalue weighted by Crippen LogP contribution is 2.23. The van der Waals surface area contributed by atoms with E-state index in [1.807, 2.05) is 24.3 Å². The number of nitrogens with zero attached hydrogens (tertiary/aromatic N) is 3. The zero-order chi connectivity index (χ0) is 18.6. The Bertz CT molecular complexity index is 1130. The predicted molar refractivity (Wildman–Crippen MR) is 105 cm³/mol. The van der Waals surface area contributed by atoms with Crippen LogP contribution in [0.4, 0.5) is 0 Å². The van der Waals surface area contributed by atoms with Crippen LogP contribution >= 0.6 is 15.9 Å². The van der Waals surface area contributed by atoms with E-state index in [4.69, 9.17) is 9.47 Å². The number of rotatable bonds is 5. The molecule has 0 N–H and O–H groups in total. The first-order valence-electron chi connectivity index (χ1n) is 8.26. The summed E-state index contributed by atoms with van der Waals surface area (Å²) in [6.45, 7) is 0.355. The summed E-state index contributed by atoms with van der Waals surface area (Å²) in [6.07, 6.45) is 5.02. The number of fused-ring (bicyclic) bond motifs is 2. The predicted octanol–water partition coefficient (Wildman–Crippen LogP) is 4.18. The number of benzene rings is 1. The lowest BCUT2D eigenvalue weighted by atomic mass is 10.2. The van der Waals surface area contributed by atoms with Crippen molar-refractivity contribution in [3.05, 3.63) is 71.2 Å². The van der Waals surface area contributed by atoms with Crippen molar-refractivity contribution in [1.82, 2.24) is 15.0 Å². The number of halogens is 1. The molecule has 0 spiro atoms. The normalized spacial score (nSPS) is 10.9. The van der Waals surface area contributed by atoms with Crippen molar-refractivity contribution < 1.29 is 14.3 Å². The monoisotopic (exact) mass is 423 g/mol. The van der Waals surface area contributed by atoms with Gasteiger partial charge in [0.25, 0.3) is 0 Å². The molecule has 0 aliphatic heterocycles. The van der Waals surface area contributed by atoms with Crippen LogP contribution in [0.3, 0.4) is 0 Å². The molecule has 4 aromatic rings. The smallest absolute Gasteiger partial charge is 0.357 e. The van der Waals surface area contributed by atoms with E-state index < -0.39 is 5.97 Å². The largest absolute Gasteiger partial charge is 0.489 e. The van der Waals surface area contributed by atoms with Crippen LogP contribution in [0, 0.1) is 0 Å². The molecule has 3 heterocycles. The Kier molecular flexibility index (Phi) is 4.93. The van der Waals surface area contributed by atoms with Crippen LogP contribution in [0.25, 0.3) is 21.8 Å². The van der Waals surface area contributed by atoms with E-state index in [-0.39, 0.29) is 18.9 Å². The van der Waals surface area contributed by atoms with Gasteiger partial charge in [0, 0.05) is 29.4 Å². The van der Waals surface area contributed by atoms with Crippen LogP contribution in [-0.2, 0) is 4.74 Å². The van der Waals surface area contributed by atoms with Gasteiger partial charge < -0.3 is 9.47 Å². The number of ether oxygens (including phenoxy) is 2. The Balaban J connectivity index is 1.39. The number of para-hydroxylation sites is 1. The number of carbonyl (C=O) groups excluding carboxylic acids is 1. The van der Waals surface area contributed by atoms with E-state index in [1.165, 1.54) is 0 Å². The highest BCUT2D eigenvalue weighted by molar-refractivity contribution is 9.10. The molecule has 0 amide bonds. The summed E-state index contributed by atoms with van der Waals surface area (Å²) >= 11 is 3.39. The summed E-state index contributed by atoms with van der Waals surface area (Å²) in [5, 5.41) is 1.76. The van der Waals surface area contributed by atoms with Crippen molar-refractivity contribution >= 4 is 43.7 Å². The number of hydrogen-bond donors (Lipinski definition) is 0. The number of pyridine rings is 3. The van der Waals surface area contributed by atoms with Gasteiger partial charge in [-0.25, -0.2) is 9.78 Å². The molecular weight excluding hydrogens is 410 g/mol. The topological polar surface area (TPSA) is 74.2 Å². The zero-order valence-electron chi connectivity index (χ0n) is 14.1. The summed E-state index contributed by atoms with van der Waals surface area (Å²) < 4.78 is 11.7. The van der Waals surface area contributed by atoms with Gasteiger partial charge in [0.15, 0.2) is 0 Å². The minimum absolute atomic E-state index is 0.118. The second-order valence-electron chi connectivity index (χ2n) is 5.70. The maximum Gasteiger partial charge on any atom is 0.357 e. The lowest BCUT2D eigenvalue weighted by Crippen LogP contribution is -2.13. The molecule has 0 bridgehead atoms. The Hall–Kier alpha value is -3.06. The van der Waals surface area contributed by atoms with Gasteiger partial charge >= 0.3 is 5.97 Å². The van der Waals surface area contributed by atoms with Gasteiger partial charge in [-0.2, -0.15) is 0 Å². The molecule has 0 atom stereocenters. The summed E-state index contributed by atoms with van der Waals surface area (Å²) in [5.74, 6) is 0.209. The average molecular weight is 424 g/mol. The first-order chi connectivity index (χ1) is 13.2. The molecule has 4 rings (SSSR count). The van der Waals surface area contributed by atoms with Crippen molar-refractivity contribution in [2.24, 2.45) is 0 Å². The Morgan fingerprint density at radius 3 is 2.85 bits per heavy atom. The Morgan fingerprint density at radius 2 is 1.93 bits per heavy atom. The molecule has 1 aromatic carbocycles. The molecule has 0 saturated heterocycles. The quantitative estimate of drug-likeness (QED) is 0.354. The molecule has 0 saturated carbocycles. The van der Waals surface area contributed by atoms with E-state index in [9.17, 15) is 4.79 Å². The molecule has 0 aliphatic rings. The summed E-state index contributed by atoms with van der Waals surface area (Å²) in [6, 6.07) is 12.9. The van der Waals surface area contributed by atoms with E-state index >= 15 is 0 Å². The first-order valence-corrected chi connectivity index (χ1v) is 9.05. The Labute approximate surface area is 163 Å². The van der Waals surface area contributed by atoms with Crippen LogP contribution in [-0.4, -0.2) is 34.1 Å². The van der Waals surface area contributed by atoms with Crippen molar-refractivity contribution in [2.75, 3.05) is 13.2 Å². The van der Waals surface area contributed by atoms with Crippen LogP contribution in [0.5, 0.6) is 5.75 Å². The molecule has 0 aliphatic carbocycles. The van der Waals surface area contributed by atoms with Gasteiger partial charge in [-0.05, 0) is 46.3 Å². The fourth-order valence-electron chi connectivity index (χ4n) is 2.68. The van der Waals surface area contributed by atoms with Crippen LogP contribution < -0.4 is 4.74 Å². The van der Waals surface area contributed by atoms with Gasteiger partial charge in [-0.3, -0.25) is 9.97 Å². The molecule has 7 heteroatoms.